The maximum absolute atomic E-state index is 12.3. The van der Waals surface area contributed by atoms with Gasteiger partial charge in [-0.05, 0) is 111 Å². The molecule has 0 spiro atoms. The van der Waals surface area contributed by atoms with Gasteiger partial charge in [0.05, 0.1) is 11.1 Å². The molecule has 0 aromatic rings. The number of carbonyl (C=O) groups is 1. The molecule has 4 nitrogen and oxygen atoms in total. The number of allylic oxidation sites excluding steroid dienone is 2. The van der Waals surface area contributed by atoms with Gasteiger partial charge in [0.15, 0.2) is 0 Å². The zero-order valence-electron chi connectivity index (χ0n) is 23.6. The first-order chi connectivity index (χ1) is 16.2. The second-order valence-corrected chi connectivity index (χ2v) is 15.0. The first kappa shape index (κ1) is 25.3. The second-order valence-electron chi connectivity index (χ2n) is 15.0. The molecule has 4 fully saturated rings. The minimum Gasteiger partial charge on any atom is -0.481 e. The van der Waals surface area contributed by atoms with Gasteiger partial charge >= 0.3 is 5.97 Å². The van der Waals surface area contributed by atoms with E-state index >= 15 is 0 Å². The molecular weight excluding hydrogens is 434 g/mol. The van der Waals surface area contributed by atoms with E-state index in [0.717, 1.165) is 32.1 Å². The van der Waals surface area contributed by atoms with Crippen LogP contribution in [0.15, 0.2) is 16.8 Å². The number of oxime groups is 1. The average molecular weight is 484 g/mol. The predicted molar refractivity (Wildman–Crippen MR) is 141 cm³/mol. The van der Waals surface area contributed by atoms with Crippen LogP contribution in [0.2, 0.25) is 0 Å². The standard InChI is InChI=1S/C31H49NO3/c1-26(2)22-11-14-31(7)23(29(22,5)13-12-24(26)32-35-8)10-9-20-21-19-28(4,25(33)34)16-15-27(21,3)17-18-30(20,31)6/h9,21-23H,10-19H2,1-8H3,(H,33,34)/b32-24+/t21-,22-,23+,27+,28+,29-,30+,31+/m0/s1. The number of hydrogen-bond acceptors (Lipinski definition) is 3. The number of fused-ring (bicyclic) bond motifs is 7. The highest BCUT2D eigenvalue weighted by atomic mass is 16.6. The molecule has 8 atom stereocenters. The Morgan fingerprint density at radius 1 is 0.971 bits per heavy atom. The van der Waals surface area contributed by atoms with Crippen molar-refractivity contribution in [3.63, 3.8) is 0 Å². The lowest BCUT2D eigenvalue weighted by Crippen LogP contribution is -2.64. The molecule has 5 aliphatic rings. The maximum atomic E-state index is 12.3. The van der Waals surface area contributed by atoms with Crippen LogP contribution < -0.4 is 0 Å². The lowest BCUT2D eigenvalue weighted by molar-refractivity contribution is -0.169. The fourth-order valence-corrected chi connectivity index (χ4v) is 10.6. The van der Waals surface area contributed by atoms with Gasteiger partial charge in [-0.3, -0.25) is 4.79 Å². The highest BCUT2D eigenvalue weighted by molar-refractivity contribution is 5.90. The largest absolute Gasteiger partial charge is 0.481 e. The lowest BCUT2D eigenvalue weighted by Gasteiger charge is -2.71. The van der Waals surface area contributed by atoms with E-state index in [1.165, 1.54) is 37.8 Å². The van der Waals surface area contributed by atoms with Crippen LogP contribution >= 0.6 is 0 Å². The molecular formula is C31H49NO3. The summed E-state index contributed by atoms with van der Waals surface area (Å²) in [6.45, 7) is 17.1. The van der Waals surface area contributed by atoms with Crippen molar-refractivity contribution >= 4 is 11.7 Å². The summed E-state index contributed by atoms with van der Waals surface area (Å²) in [5.74, 6) is 1.08. The number of aliphatic carboxylic acids is 1. The summed E-state index contributed by atoms with van der Waals surface area (Å²) in [6.07, 6.45) is 13.7. The quantitative estimate of drug-likeness (QED) is 0.321. The molecule has 0 heterocycles. The monoisotopic (exact) mass is 483 g/mol. The van der Waals surface area contributed by atoms with Gasteiger partial charge in [-0.25, -0.2) is 0 Å². The van der Waals surface area contributed by atoms with Crippen LogP contribution in [0.4, 0.5) is 0 Å². The van der Waals surface area contributed by atoms with Crippen molar-refractivity contribution in [1.29, 1.82) is 0 Å². The van der Waals surface area contributed by atoms with Crippen LogP contribution in [0.5, 0.6) is 0 Å². The molecule has 0 aromatic heterocycles. The van der Waals surface area contributed by atoms with E-state index in [0.29, 0.717) is 17.8 Å². The topological polar surface area (TPSA) is 58.9 Å². The minimum atomic E-state index is -0.599. The van der Waals surface area contributed by atoms with E-state index in [4.69, 9.17) is 4.84 Å². The van der Waals surface area contributed by atoms with Crippen molar-refractivity contribution in [1.82, 2.24) is 0 Å². The highest BCUT2D eigenvalue weighted by Crippen LogP contribution is 2.75. The van der Waals surface area contributed by atoms with E-state index in [1.807, 2.05) is 6.92 Å². The molecule has 1 N–H and O–H groups in total. The molecule has 0 bridgehead atoms. The molecule has 0 aromatic carbocycles. The summed E-state index contributed by atoms with van der Waals surface area (Å²) in [5, 5.41) is 14.6. The van der Waals surface area contributed by atoms with Gasteiger partial charge < -0.3 is 9.94 Å². The predicted octanol–water partition coefficient (Wildman–Crippen LogP) is 7.88. The van der Waals surface area contributed by atoms with Gasteiger partial charge in [-0.1, -0.05) is 58.3 Å². The fourth-order valence-electron chi connectivity index (χ4n) is 10.6. The average Bonchev–Trinajstić information content (AvgIpc) is 2.77. The van der Waals surface area contributed by atoms with Crippen molar-refractivity contribution in [2.24, 2.45) is 55.4 Å². The Morgan fingerprint density at radius 3 is 2.31 bits per heavy atom. The van der Waals surface area contributed by atoms with E-state index in [9.17, 15) is 9.90 Å². The smallest absolute Gasteiger partial charge is 0.309 e. The molecule has 5 rings (SSSR count). The molecule has 0 amide bonds. The second kappa shape index (κ2) is 7.60. The molecule has 0 unspecified atom stereocenters. The van der Waals surface area contributed by atoms with E-state index in [1.54, 1.807) is 12.7 Å². The molecule has 4 heteroatoms. The van der Waals surface area contributed by atoms with Crippen LogP contribution in [0, 0.1) is 50.2 Å². The van der Waals surface area contributed by atoms with Gasteiger partial charge in [0, 0.05) is 5.41 Å². The van der Waals surface area contributed by atoms with Crippen LogP contribution in [0.3, 0.4) is 0 Å². The summed E-state index contributed by atoms with van der Waals surface area (Å²) < 4.78 is 0. The minimum absolute atomic E-state index is 0.0625. The summed E-state index contributed by atoms with van der Waals surface area (Å²) in [4.78, 5) is 17.6. The Bertz CT molecular complexity index is 982. The molecule has 0 saturated heterocycles. The van der Waals surface area contributed by atoms with Crippen LogP contribution in [-0.2, 0) is 9.63 Å². The number of carboxylic acid groups (broad SMARTS) is 1. The summed E-state index contributed by atoms with van der Waals surface area (Å²) in [6, 6.07) is 0. The van der Waals surface area contributed by atoms with Crippen molar-refractivity contribution in [2.45, 2.75) is 113 Å². The summed E-state index contributed by atoms with van der Waals surface area (Å²) in [7, 11) is 1.68. The van der Waals surface area contributed by atoms with Crippen molar-refractivity contribution in [3.8, 4) is 0 Å². The Balaban J connectivity index is 1.56. The Kier molecular flexibility index (Phi) is 5.50. The molecule has 0 aliphatic heterocycles. The van der Waals surface area contributed by atoms with Crippen molar-refractivity contribution in [2.75, 3.05) is 7.11 Å². The molecule has 0 radical (unpaired) electrons. The normalized spacial score (nSPS) is 51.8. The Morgan fingerprint density at radius 2 is 1.66 bits per heavy atom. The summed E-state index contributed by atoms with van der Waals surface area (Å²) in [5.41, 5.74) is 3.31. The highest BCUT2D eigenvalue weighted by Gasteiger charge is 2.68. The number of carboxylic acids is 1. The maximum Gasteiger partial charge on any atom is 0.309 e. The third kappa shape index (κ3) is 3.16. The van der Waals surface area contributed by atoms with Crippen LogP contribution in [0.1, 0.15) is 113 Å². The zero-order chi connectivity index (χ0) is 25.7. The van der Waals surface area contributed by atoms with Crippen LogP contribution in [0.25, 0.3) is 0 Å². The molecule has 5 aliphatic carbocycles. The van der Waals surface area contributed by atoms with E-state index in [2.05, 4.69) is 52.8 Å². The SMILES string of the molecule is CO/N=C1\CC[C@]2(C)[C@H]3CC=C4[C@@H]5C[C@](C)(C(=O)O)CC[C@]5(C)CC[C@@]4(C)[C@]3(C)CC[C@H]2C1(C)C. The first-order valence-electron chi connectivity index (χ1n) is 14.2. The first-order valence-corrected chi connectivity index (χ1v) is 14.2. The zero-order valence-corrected chi connectivity index (χ0v) is 23.6. The van der Waals surface area contributed by atoms with Gasteiger partial charge in [0.1, 0.15) is 7.11 Å². The molecule has 196 valence electrons. The fraction of sp³-hybridized carbons (Fsp3) is 0.871. The van der Waals surface area contributed by atoms with Crippen molar-refractivity contribution < 1.29 is 14.7 Å². The molecule has 4 saturated carbocycles. The van der Waals surface area contributed by atoms with E-state index in [-0.39, 0.29) is 27.1 Å². The Hall–Kier alpha value is -1.32. The van der Waals surface area contributed by atoms with Crippen LogP contribution in [-0.4, -0.2) is 23.9 Å². The van der Waals surface area contributed by atoms with E-state index < -0.39 is 11.4 Å². The number of rotatable bonds is 2. The van der Waals surface area contributed by atoms with Gasteiger partial charge in [-0.15, -0.1) is 0 Å². The van der Waals surface area contributed by atoms with Gasteiger partial charge in [0.2, 0.25) is 0 Å². The third-order valence-electron chi connectivity index (χ3n) is 13.3. The Labute approximate surface area is 213 Å². The molecule has 35 heavy (non-hydrogen) atoms. The lowest BCUT2D eigenvalue weighted by atomic mass is 9.33. The number of nitrogens with zero attached hydrogens (tertiary/aromatic N) is 1. The number of hydrogen-bond donors (Lipinski definition) is 1. The van der Waals surface area contributed by atoms with Gasteiger partial charge in [-0.2, -0.15) is 0 Å². The summed E-state index contributed by atoms with van der Waals surface area (Å²) >= 11 is 0. The third-order valence-corrected chi connectivity index (χ3v) is 13.3. The van der Waals surface area contributed by atoms with Gasteiger partial charge in [0.25, 0.3) is 0 Å². The van der Waals surface area contributed by atoms with Crippen molar-refractivity contribution in [3.05, 3.63) is 11.6 Å².